The van der Waals surface area contributed by atoms with Gasteiger partial charge in [0, 0.05) is 0 Å². The van der Waals surface area contributed by atoms with Crippen LogP contribution in [0.25, 0.3) is 11.1 Å². The van der Waals surface area contributed by atoms with Crippen molar-refractivity contribution in [1.29, 1.82) is 0 Å². The van der Waals surface area contributed by atoms with E-state index in [0.29, 0.717) is 0 Å². The Kier molecular flexibility index (Phi) is 9.51. The molecule has 0 aromatic heterocycles. The van der Waals surface area contributed by atoms with Crippen LogP contribution in [-0.4, -0.2) is 6.94 Å². The smallest absolute Gasteiger partial charge is 0.147 e. The van der Waals surface area contributed by atoms with Crippen molar-refractivity contribution in [2.45, 2.75) is 79.1 Å². The summed E-state index contributed by atoms with van der Waals surface area (Å²) in [6.07, 6.45) is 9.27. The molecule has 2 aliphatic carbocycles. The van der Waals surface area contributed by atoms with Crippen LogP contribution in [0.4, 0.5) is 0 Å². The van der Waals surface area contributed by atoms with Gasteiger partial charge in [0.1, 0.15) is 0 Å². The number of aryl methyl sites for hydroxylation is 1. The summed E-state index contributed by atoms with van der Waals surface area (Å²) in [7, 11) is 0. The van der Waals surface area contributed by atoms with Crippen LogP contribution in [0.1, 0.15) is 81.3 Å². The summed E-state index contributed by atoms with van der Waals surface area (Å²) >= 11 is -4.63. The first-order valence-corrected chi connectivity index (χ1v) is 31.1. The predicted octanol–water partition coefficient (Wildman–Crippen LogP) is 8.67. The maximum atomic E-state index is 2.59. The fourth-order valence-electron chi connectivity index (χ4n) is 8.40. The van der Waals surface area contributed by atoms with E-state index in [-0.39, 0.29) is 35.6 Å². The molecule has 0 N–H and O–H groups in total. The fraction of sp³-hybridized carbons (Fsp3) is 0.300. The summed E-state index contributed by atoms with van der Waals surface area (Å²) in [5.74, 6) is 0. The topological polar surface area (TPSA) is 0 Å². The molecule has 0 fully saturated rings. The molecule has 4 aromatic carbocycles. The summed E-state index contributed by atoms with van der Waals surface area (Å²) in [5.41, 5.74) is 12.1. The number of hydrogen-bond donors (Lipinski definition) is 0. The maximum Gasteiger partial charge on any atom is -0.147 e. The van der Waals surface area contributed by atoms with Crippen LogP contribution in [0.3, 0.4) is 0 Å². The molecule has 0 saturated heterocycles. The molecule has 6 rings (SSSR count). The van der Waals surface area contributed by atoms with E-state index in [0.717, 1.165) is 12.8 Å². The van der Waals surface area contributed by atoms with Crippen LogP contribution >= 0.6 is 24.8 Å². The van der Waals surface area contributed by atoms with Crippen LogP contribution in [-0.2, 0) is 34.4 Å². The van der Waals surface area contributed by atoms with E-state index in [2.05, 4.69) is 159 Å². The van der Waals surface area contributed by atoms with Crippen LogP contribution in [0.2, 0.25) is 0 Å². The number of allylic oxidation sites excluding steroid dienone is 4. The molecule has 2 aliphatic rings. The van der Waals surface area contributed by atoms with Crippen molar-refractivity contribution < 1.29 is 17.1 Å². The fourth-order valence-corrected chi connectivity index (χ4v) is 42.4. The third-order valence-electron chi connectivity index (χ3n) is 10.3. The second kappa shape index (κ2) is 12.0. The molecule has 0 spiro atoms. The van der Waals surface area contributed by atoms with Gasteiger partial charge < -0.3 is 0 Å². The number of fused-ring (bicyclic) bond motifs is 3. The maximum absolute atomic E-state index is 4.63. The molecule has 0 unspecified atom stereocenters. The van der Waals surface area contributed by atoms with E-state index in [1.165, 1.54) is 38.9 Å². The second-order valence-electron chi connectivity index (χ2n) is 15.0. The van der Waals surface area contributed by atoms with E-state index < -0.39 is 17.1 Å². The standard InChI is InChI=1S/C23H29.2C6H5.C5H5.2ClH.Hf.H2Si/c1-14-9-16-11-17-10-15(2)21(23(6,7)8)13-19(17)18(16)12-20(14)22(3,4)5;2*1-2-4-6-5-3-1;1-2-4-5-3-1;;;;/h9,12-13H,11H2,1-8H3;2*1-5H;1-3H,4H2;2*1H;;1H2. The minimum atomic E-state index is -4.63. The third-order valence-corrected chi connectivity index (χ3v) is 47.9. The third kappa shape index (κ3) is 5.13. The molecule has 4 aromatic rings. The minimum absolute atomic E-state index is 0. The summed E-state index contributed by atoms with van der Waals surface area (Å²) in [5, 5.41) is 0. The number of halogens is 2. The Balaban J connectivity index is 0.00000221. The molecule has 44 heavy (non-hydrogen) atoms. The molecular weight excluding hydrogens is 758 g/mol. The van der Waals surface area contributed by atoms with Crippen LogP contribution in [0.15, 0.2) is 100 Å². The average Bonchev–Trinajstić information content (AvgIpc) is 3.60. The first-order valence-electron chi connectivity index (χ1n) is 15.6. The normalized spacial score (nSPS) is 14.3. The first kappa shape index (κ1) is 34.9. The summed E-state index contributed by atoms with van der Waals surface area (Å²) < 4.78 is 6.49. The van der Waals surface area contributed by atoms with Gasteiger partial charge in [-0.3, -0.25) is 0 Å². The molecular formula is C40H48Cl2HfSi. The molecule has 0 bridgehead atoms. The number of rotatable bonds is 4. The van der Waals surface area contributed by atoms with Gasteiger partial charge in [-0.1, -0.05) is 0 Å². The Morgan fingerprint density at radius 2 is 1.20 bits per heavy atom. The zero-order chi connectivity index (χ0) is 30.1. The molecule has 4 heteroatoms. The van der Waals surface area contributed by atoms with E-state index in [1.54, 1.807) is 18.9 Å². The molecule has 230 valence electrons. The van der Waals surface area contributed by atoms with E-state index in [1.807, 2.05) is 0 Å². The Morgan fingerprint density at radius 1 is 0.682 bits per heavy atom. The number of benzene rings is 4. The van der Waals surface area contributed by atoms with Gasteiger partial charge in [0.05, 0.1) is 0 Å². The molecule has 0 nitrogen and oxygen atoms in total. The zero-order valence-corrected chi connectivity index (χ0v) is 34.3. The molecule has 0 amide bonds. The summed E-state index contributed by atoms with van der Waals surface area (Å²) in [6.45, 7) is 21.5. The van der Waals surface area contributed by atoms with E-state index in [4.69, 9.17) is 0 Å². The Labute approximate surface area is 280 Å². The monoisotopic (exact) mass is 806 g/mol. The minimum Gasteiger partial charge on any atom is -0.147 e. The van der Waals surface area contributed by atoms with Crippen LogP contribution in [0, 0.1) is 13.8 Å². The molecule has 0 saturated carbocycles. The van der Waals surface area contributed by atoms with Crippen LogP contribution in [0.5, 0.6) is 0 Å². The van der Waals surface area contributed by atoms with E-state index in [9.17, 15) is 0 Å². The molecule has 0 heterocycles. The Morgan fingerprint density at radius 3 is 1.68 bits per heavy atom. The molecule has 0 radical (unpaired) electrons. The Hall–Kier alpha value is -1.97. The van der Waals surface area contributed by atoms with Gasteiger partial charge in [0.25, 0.3) is 0 Å². The quantitative estimate of drug-likeness (QED) is 0.160. The van der Waals surface area contributed by atoms with E-state index >= 15 is 0 Å². The van der Waals surface area contributed by atoms with Gasteiger partial charge in [0.2, 0.25) is 0 Å². The van der Waals surface area contributed by atoms with Crippen molar-refractivity contribution >= 4 is 41.7 Å². The summed E-state index contributed by atoms with van der Waals surface area (Å²) in [6, 6.07) is 31.0. The van der Waals surface area contributed by atoms with Crippen molar-refractivity contribution in [3.8, 4) is 11.1 Å². The van der Waals surface area contributed by atoms with Crippen LogP contribution < -0.4 is 9.96 Å². The van der Waals surface area contributed by atoms with Crippen molar-refractivity contribution in [3.63, 3.8) is 0 Å². The van der Waals surface area contributed by atoms with Gasteiger partial charge in [-0.2, -0.15) is 0 Å². The summed E-state index contributed by atoms with van der Waals surface area (Å²) in [4.78, 5) is 0. The van der Waals surface area contributed by atoms with Gasteiger partial charge in [0.15, 0.2) is 0 Å². The largest absolute Gasteiger partial charge is 0.147 e. The van der Waals surface area contributed by atoms with Crippen molar-refractivity contribution in [1.82, 2.24) is 0 Å². The van der Waals surface area contributed by atoms with Gasteiger partial charge in [-0.05, 0) is 0 Å². The average molecular weight is 806 g/mol. The first-order chi connectivity index (χ1) is 19.8. The molecule has 0 aliphatic heterocycles. The van der Waals surface area contributed by atoms with Gasteiger partial charge in [-0.25, -0.2) is 0 Å². The number of hydrogen-bond acceptors (Lipinski definition) is 0. The van der Waals surface area contributed by atoms with Gasteiger partial charge in [-0.15, -0.1) is 24.8 Å². The van der Waals surface area contributed by atoms with Crippen molar-refractivity contribution in [2.24, 2.45) is 0 Å². The van der Waals surface area contributed by atoms with Crippen molar-refractivity contribution in [2.75, 3.05) is 0 Å². The molecule has 0 atom stereocenters. The Bertz CT molecular complexity index is 1810. The second-order valence-corrected chi connectivity index (χ2v) is 45.3. The SMILES string of the molecule is Cc1cc2c(cc1C(C)(C)C)-c1cc(C(C)(C)C)c(C)[c]([Hf](=[SiH2])([C]3=CC=CC3)([c]3ccccc3)[c]3ccccc3)c1C2.Cl.Cl. The predicted molar refractivity (Wildman–Crippen MR) is 198 cm³/mol. The van der Waals surface area contributed by atoms with Gasteiger partial charge >= 0.3 is 258 Å². The van der Waals surface area contributed by atoms with Crippen molar-refractivity contribution in [3.05, 3.63) is 134 Å². The zero-order valence-electron chi connectivity index (χ0n) is 27.7.